The maximum Gasteiger partial charge on any atom is 0.0751 e. The molecule has 1 aliphatic heterocycles. The molecule has 26 heavy (non-hydrogen) atoms. The van der Waals surface area contributed by atoms with E-state index in [1.807, 2.05) is 0 Å². The lowest BCUT2D eigenvalue weighted by Crippen LogP contribution is -2.14. The third kappa shape index (κ3) is 6.23. The van der Waals surface area contributed by atoms with Crippen molar-refractivity contribution in [3.63, 3.8) is 0 Å². The third-order valence-corrected chi connectivity index (χ3v) is 9.86. The first-order valence-electron chi connectivity index (χ1n) is 11.1. The first-order chi connectivity index (χ1) is 12.8. The third-order valence-electron chi connectivity index (χ3n) is 6.57. The summed E-state index contributed by atoms with van der Waals surface area (Å²) in [5, 5.41) is 0. The first-order valence-corrected chi connectivity index (χ1v) is 13.2. The summed E-state index contributed by atoms with van der Waals surface area (Å²) in [6, 6.07) is 9.66. The van der Waals surface area contributed by atoms with E-state index in [4.69, 9.17) is 0 Å². The highest BCUT2D eigenvalue weighted by molar-refractivity contribution is 8.16. The molecule has 3 rings (SSSR count). The van der Waals surface area contributed by atoms with E-state index in [2.05, 4.69) is 61.6 Å². The topological polar surface area (TPSA) is 0 Å². The largest absolute Gasteiger partial charge is 0.142 e. The van der Waals surface area contributed by atoms with Gasteiger partial charge in [-0.25, -0.2) is 0 Å². The SMILES string of the molecule is CCCCC1CSC(c2ccc(CCC3CCC(CC)CC3)cc2)SC1. The molecule has 0 radical (unpaired) electrons. The van der Waals surface area contributed by atoms with Gasteiger partial charge < -0.3 is 0 Å². The number of rotatable bonds is 8. The molecule has 1 aliphatic carbocycles. The van der Waals surface area contributed by atoms with Crippen LogP contribution in [0.3, 0.4) is 0 Å². The summed E-state index contributed by atoms with van der Waals surface area (Å²) in [4.78, 5) is 0. The van der Waals surface area contributed by atoms with Crippen LogP contribution in [0.15, 0.2) is 24.3 Å². The molecule has 2 heteroatoms. The van der Waals surface area contributed by atoms with E-state index in [0.29, 0.717) is 4.58 Å². The molecule has 0 N–H and O–H groups in total. The molecular formula is C24H38S2. The minimum atomic E-state index is 0.672. The summed E-state index contributed by atoms with van der Waals surface area (Å²) in [5.74, 6) is 5.68. The Morgan fingerprint density at radius 2 is 1.46 bits per heavy atom. The van der Waals surface area contributed by atoms with Crippen molar-refractivity contribution in [1.82, 2.24) is 0 Å². The quantitative estimate of drug-likeness (QED) is 0.439. The second-order valence-electron chi connectivity index (χ2n) is 8.58. The maximum atomic E-state index is 2.42. The fourth-order valence-corrected chi connectivity index (χ4v) is 7.70. The van der Waals surface area contributed by atoms with E-state index < -0.39 is 0 Å². The Morgan fingerprint density at radius 1 is 0.808 bits per heavy atom. The van der Waals surface area contributed by atoms with Gasteiger partial charge in [0.25, 0.3) is 0 Å². The Bertz CT molecular complexity index is 493. The molecule has 1 aromatic carbocycles. The molecule has 1 aromatic rings. The second-order valence-corrected chi connectivity index (χ2v) is 11.2. The Kier molecular flexibility index (Phi) is 8.78. The minimum Gasteiger partial charge on any atom is -0.142 e. The lowest BCUT2D eigenvalue weighted by Gasteiger charge is -2.28. The molecule has 1 saturated carbocycles. The number of unbranched alkanes of at least 4 members (excludes halogenated alkanes) is 1. The van der Waals surface area contributed by atoms with E-state index in [1.165, 1.54) is 75.7 Å². The molecule has 0 aromatic heterocycles. The molecule has 0 amide bonds. The van der Waals surface area contributed by atoms with Gasteiger partial charge in [-0.3, -0.25) is 0 Å². The first kappa shape index (κ1) is 20.6. The molecule has 146 valence electrons. The fourth-order valence-electron chi connectivity index (χ4n) is 4.54. The zero-order chi connectivity index (χ0) is 18.2. The lowest BCUT2D eigenvalue weighted by atomic mass is 9.78. The molecule has 1 heterocycles. The van der Waals surface area contributed by atoms with Crippen molar-refractivity contribution in [2.24, 2.45) is 17.8 Å². The zero-order valence-electron chi connectivity index (χ0n) is 16.9. The molecule has 2 aliphatic rings. The molecule has 1 saturated heterocycles. The van der Waals surface area contributed by atoms with Crippen LogP contribution in [-0.2, 0) is 6.42 Å². The van der Waals surface area contributed by atoms with Crippen LogP contribution in [0.2, 0.25) is 0 Å². The predicted octanol–water partition coefficient (Wildman–Crippen LogP) is 8.12. The summed E-state index contributed by atoms with van der Waals surface area (Å²) < 4.78 is 0.672. The molecule has 0 spiro atoms. The van der Waals surface area contributed by atoms with Crippen molar-refractivity contribution in [1.29, 1.82) is 0 Å². The van der Waals surface area contributed by atoms with Crippen molar-refractivity contribution >= 4 is 23.5 Å². The van der Waals surface area contributed by atoms with Gasteiger partial charge in [0, 0.05) is 0 Å². The average Bonchev–Trinajstić information content (AvgIpc) is 2.72. The van der Waals surface area contributed by atoms with Crippen LogP contribution in [0.25, 0.3) is 0 Å². The summed E-state index contributed by atoms with van der Waals surface area (Å²) in [6.07, 6.45) is 14.2. The summed E-state index contributed by atoms with van der Waals surface area (Å²) in [5.41, 5.74) is 3.10. The molecular weight excluding hydrogens is 352 g/mol. The average molecular weight is 391 g/mol. The van der Waals surface area contributed by atoms with Crippen molar-refractivity contribution in [2.45, 2.75) is 82.6 Å². The maximum absolute atomic E-state index is 2.42. The lowest BCUT2D eigenvalue weighted by molar-refractivity contribution is 0.259. The Labute approximate surface area is 170 Å². The Hall–Kier alpha value is -0.0800. The van der Waals surface area contributed by atoms with Gasteiger partial charge in [0.05, 0.1) is 4.58 Å². The molecule has 0 atom stereocenters. The van der Waals surface area contributed by atoms with Crippen LogP contribution in [-0.4, -0.2) is 11.5 Å². The van der Waals surface area contributed by atoms with E-state index in [-0.39, 0.29) is 0 Å². The van der Waals surface area contributed by atoms with Gasteiger partial charge >= 0.3 is 0 Å². The number of benzene rings is 1. The molecule has 0 bridgehead atoms. The van der Waals surface area contributed by atoms with Gasteiger partial charge in [-0.15, -0.1) is 23.5 Å². The van der Waals surface area contributed by atoms with Gasteiger partial charge in [-0.2, -0.15) is 0 Å². The summed E-state index contributed by atoms with van der Waals surface area (Å²) in [7, 11) is 0. The minimum absolute atomic E-state index is 0.672. The van der Waals surface area contributed by atoms with Gasteiger partial charge in [-0.1, -0.05) is 83.1 Å². The van der Waals surface area contributed by atoms with Crippen LogP contribution < -0.4 is 0 Å². The number of aryl methyl sites for hydroxylation is 1. The highest BCUT2D eigenvalue weighted by Gasteiger charge is 2.23. The van der Waals surface area contributed by atoms with E-state index >= 15 is 0 Å². The molecule has 0 unspecified atom stereocenters. The predicted molar refractivity (Wildman–Crippen MR) is 121 cm³/mol. The highest BCUT2D eigenvalue weighted by atomic mass is 32.2. The monoisotopic (exact) mass is 390 g/mol. The normalized spacial score (nSPS) is 29.6. The van der Waals surface area contributed by atoms with Crippen molar-refractivity contribution in [3.8, 4) is 0 Å². The van der Waals surface area contributed by atoms with Crippen LogP contribution >= 0.6 is 23.5 Å². The van der Waals surface area contributed by atoms with E-state index in [1.54, 1.807) is 11.1 Å². The standard InChI is InChI=1S/C24H38S2/c1-3-5-6-22-17-25-24(26-18-22)23-15-13-21(14-16-23)12-11-20-9-7-19(4-2)8-10-20/h13-16,19-20,22,24H,3-12,17-18H2,1-2H3. The van der Waals surface area contributed by atoms with Crippen molar-refractivity contribution < 1.29 is 0 Å². The van der Waals surface area contributed by atoms with Gasteiger partial charge in [0.2, 0.25) is 0 Å². The van der Waals surface area contributed by atoms with Gasteiger partial charge in [0.1, 0.15) is 0 Å². The van der Waals surface area contributed by atoms with Gasteiger partial charge in [-0.05, 0) is 59.6 Å². The fraction of sp³-hybridized carbons (Fsp3) is 0.750. The second kappa shape index (κ2) is 11.1. The van der Waals surface area contributed by atoms with E-state index in [9.17, 15) is 0 Å². The van der Waals surface area contributed by atoms with Crippen LogP contribution in [0.5, 0.6) is 0 Å². The highest BCUT2D eigenvalue weighted by Crippen LogP contribution is 2.46. The van der Waals surface area contributed by atoms with E-state index in [0.717, 1.165) is 17.8 Å². The number of hydrogen-bond acceptors (Lipinski definition) is 2. The number of hydrogen-bond donors (Lipinski definition) is 0. The molecule has 0 nitrogen and oxygen atoms in total. The summed E-state index contributed by atoms with van der Waals surface area (Å²) >= 11 is 4.36. The number of thioether (sulfide) groups is 2. The van der Waals surface area contributed by atoms with Gasteiger partial charge in [0.15, 0.2) is 0 Å². The summed E-state index contributed by atoms with van der Waals surface area (Å²) in [6.45, 7) is 4.67. The van der Waals surface area contributed by atoms with Crippen LogP contribution in [0, 0.1) is 17.8 Å². The van der Waals surface area contributed by atoms with Crippen LogP contribution in [0.1, 0.15) is 87.3 Å². The smallest absolute Gasteiger partial charge is 0.0751 e. The van der Waals surface area contributed by atoms with Crippen molar-refractivity contribution in [3.05, 3.63) is 35.4 Å². The Balaban J connectivity index is 1.40. The Morgan fingerprint density at radius 3 is 2.08 bits per heavy atom. The van der Waals surface area contributed by atoms with Crippen molar-refractivity contribution in [2.75, 3.05) is 11.5 Å². The van der Waals surface area contributed by atoms with Crippen LogP contribution in [0.4, 0.5) is 0 Å². The zero-order valence-corrected chi connectivity index (χ0v) is 18.6. The molecule has 2 fully saturated rings.